The standard InChI is InChI=1S/C26H25Cl3IN3O2S/c1-26(2,3)35-25(34)31-9-8-16-11-18(32-14-15-4-6-21(28)22(29)10-15)13-20-19-12-17(27)5-7-23(19)33(36-30)24(16)20/h4-7,10-13,32H,8-9,14H2,1-3H3,(H,31,34). The van der Waals surface area contributed by atoms with Crippen molar-refractivity contribution in [2.24, 2.45) is 0 Å². The molecule has 0 fully saturated rings. The highest BCUT2D eigenvalue weighted by Gasteiger charge is 2.18. The van der Waals surface area contributed by atoms with Crippen LogP contribution in [0.4, 0.5) is 10.5 Å². The Morgan fingerprint density at radius 2 is 1.81 bits per heavy atom. The van der Waals surface area contributed by atoms with Crippen LogP contribution in [0.2, 0.25) is 15.1 Å². The van der Waals surface area contributed by atoms with E-state index < -0.39 is 11.7 Å². The Bertz CT molecular complexity index is 1440. The van der Waals surface area contributed by atoms with Crippen LogP contribution < -0.4 is 10.6 Å². The normalized spacial score (nSPS) is 11.8. The molecule has 1 amide bonds. The smallest absolute Gasteiger partial charge is 0.407 e. The van der Waals surface area contributed by atoms with Gasteiger partial charge in [0.15, 0.2) is 0 Å². The monoisotopic (exact) mass is 675 g/mol. The Labute approximate surface area is 241 Å². The lowest BCUT2D eigenvalue weighted by Gasteiger charge is -2.19. The van der Waals surface area contributed by atoms with Crippen molar-refractivity contribution in [3.8, 4) is 0 Å². The van der Waals surface area contributed by atoms with E-state index in [1.54, 1.807) is 15.2 Å². The van der Waals surface area contributed by atoms with E-state index >= 15 is 0 Å². The Kier molecular flexibility index (Phi) is 8.77. The first-order valence-corrected chi connectivity index (χ1v) is 15.7. The topological polar surface area (TPSA) is 55.3 Å². The molecule has 0 saturated carbocycles. The molecule has 1 heterocycles. The summed E-state index contributed by atoms with van der Waals surface area (Å²) in [5, 5.41) is 10.3. The van der Waals surface area contributed by atoms with Crippen molar-refractivity contribution in [1.29, 1.82) is 0 Å². The second-order valence-corrected chi connectivity index (χ2v) is 12.3. The summed E-state index contributed by atoms with van der Waals surface area (Å²) in [4.78, 5) is 12.2. The van der Waals surface area contributed by atoms with Crippen molar-refractivity contribution in [1.82, 2.24) is 9.29 Å². The third kappa shape index (κ3) is 6.48. The number of rotatable bonds is 7. The molecule has 0 aliphatic rings. The van der Waals surface area contributed by atoms with E-state index in [9.17, 15) is 4.79 Å². The van der Waals surface area contributed by atoms with Gasteiger partial charge in [-0.25, -0.2) is 4.79 Å². The number of aromatic nitrogens is 1. The largest absolute Gasteiger partial charge is 0.444 e. The fraction of sp³-hybridized carbons (Fsp3) is 0.269. The van der Waals surface area contributed by atoms with Gasteiger partial charge in [0.2, 0.25) is 0 Å². The van der Waals surface area contributed by atoms with Gasteiger partial charge in [-0.15, -0.1) is 0 Å². The average molecular weight is 677 g/mol. The van der Waals surface area contributed by atoms with Crippen LogP contribution in [0.1, 0.15) is 31.9 Å². The van der Waals surface area contributed by atoms with Gasteiger partial charge in [-0.1, -0.05) is 40.9 Å². The highest BCUT2D eigenvalue weighted by atomic mass is 127. The molecule has 0 atom stereocenters. The van der Waals surface area contributed by atoms with Gasteiger partial charge >= 0.3 is 6.09 Å². The number of hydrogen-bond acceptors (Lipinski definition) is 4. The number of carbonyl (C=O) groups is 1. The van der Waals surface area contributed by atoms with Crippen LogP contribution in [-0.4, -0.2) is 22.2 Å². The van der Waals surface area contributed by atoms with Crippen molar-refractivity contribution in [3.63, 3.8) is 0 Å². The quantitative estimate of drug-likeness (QED) is 0.192. The number of halogens is 4. The highest BCUT2D eigenvalue weighted by Crippen LogP contribution is 2.39. The van der Waals surface area contributed by atoms with Crippen molar-refractivity contribution in [3.05, 3.63) is 74.7 Å². The summed E-state index contributed by atoms with van der Waals surface area (Å²) in [6, 6.07) is 15.8. The Balaban J connectivity index is 1.70. The lowest BCUT2D eigenvalue weighted by molar-refractivity contribution is 0.0528. The first-order valence-electron chi connectivity index (χ1n) is 11.3. The summed E-state index contributed by atoms with van der Waals surface area (Å²) in [5.41, 5.74) is 4.70. The van der Waals surface area contributed by atoms with Gasteiger partial charge in [-0.2, -0.15) is 0 Å². The molecule has 36 heavy (non-hydrogen) atoms. The number of fused-ring (bicyclic) bond motifs is 3. The minimum atomic E-state index is -0.546. The van der Waals surface area contributed by atoms with Crippen LogP contribution in [0.25, 0.3) is 21.8 Å². The average Bonchev–Trinajstić information content (AvgIpc) is 3.11. The van der Waals surface area contributed by atoms with Crippen molar-refractivity contribution in [2.75, 3.05) is 11.9 Å². The van der Waals surface area contributed by atoms with Crippen LogP contribution in [-0.2, 0) is 17.7 Å². The van der Waals surface area contributed by atoms with Gasteiger partial charge in [-0.3, -0.25) is 3.97 Å². The molecule has 4 rings (SSSR count). The van der Waals surface area contributed by atoms with E-state index in [-0.39, 0.29) is 0 Å². The van der Waals surface area contributed by atoms with Gasteiger partial charge in [-0.05, 0) is 80.8 Å². The molecule has 0 unspecified atom stereocenters. The van der Waals surface area contributed by atoms with Gasteiger partial charge in [0.1, 0.15) is 5.60 Å². The Morgan fingerprint density at radius 1 is 1.03 bits per heavy atom. The predicted octanol–water partition coefficient (Wildman–Crippen LogP) is 9.28. The number of nitrogens with one attached hydrogen (secondary N) is 2. The summed E-state index contributed by atoms with van der Waals surface area (Å²) in [5.74, 6) is 0. The van der Waals surface area contributed by atoms with Crippen LogP contribution in [0, 0.1) is 0 Å². The van der Waals surface area contributed by atoms with Crippen LogP contribution in [0.3, 0.4) is 0 Å². The van der Waals surface area contributed by atoms with Crippen molar-refractivity contribution < 1.29 is 9.53 Å². The Hall–Kier alpha value is -1.52. The van der Waals surface area contributed by atoms with Gasteiger partial charge in [0, 0.05) is 64.9 Å². The molecule has 3 aromatic carbocycles. The SMILES string of the molecule is CC(C)(C)OC(=O)NCCc1cc(NCc2ccc(Cl)c(Cl)c2)cc2c3cc(Cl)ccc3n(SI)c12. The molecule has 0 radical (unpaired) electrons. The molecule has 5 nitrogen and oxygen atoms in total. The predicted molar refractivity (Wildman–Crippen MR) is 163 cm³/mol. The number of anilines is 1. The van der Waals surface area contributed by atoms with Crippen LogP contribution in [0.5, 0.6) is 0 Å². The zero-order valence-corrected chi connectivity index (χ0v) is 25.2. The number of nitrogens with zero attached hydrogens (tertiary/aromatic N) is 1. The van der Waals surface area contributed by atoms with Crippen molar-refractivity contribution in [2.45, 2.75) is 39.3 Å². The van der Waals surface area contributed by atoms with Crippen LogP contribution in [0.15, 0.2) is 48.5 Å². The first kappa shape index (κ1) is 27.5. The molecular formula is C26H25Cl3IN3O2S. The fourth-order valence-corrected chi connectivity index (χ4v) is 6.23. The molecule has 0 aliphatic carbocycles. The lowest BCUT2D eigenvalue weighted by Crippen LogP contribution is -2.33. The number of alkyl carbamates (subject to hydrolysis) is 1. The third-order valence-electron chi connectivity index (χ3n) is 5.47. The minimum Gasteiger partial charge on any atom is -0.444 e. The van der Waals surface area contributed by atoms with E-state index in [4.69, 9.17) is 39.5 Å². The molecule has 0 aliphatic heterocycles. The molecule has 2 N–H and O–H groups in total. The number of amides is 1. The van der Waals surface area contributed by atoms with E-state index in [1.807, 2.05) is 51.1 Å². The second kappa shape index (κ2) is 11.5. The third-order valence-corrected chi connectivity index (χ3v) is 8.14. The Morgan fingerprint density at radius 3 is 2.50 bits per heavy atom. The summed E-state index contributed by atoms with van der Waals surface area (Å²) in [6.07, 6.45) is 0.197. The molecule has 0 spiro atoms. The molecule has 1 aromatic heterocycles. The van der Waals surface area contributed by atoms with Gasteiger partial charge < -0.3 is 15.4 Å². The summed E-state index contributed by atoms with van der Waals surface area (Å²) >= 11 is 20.9. The maximum Gasteiger partial charge on any atom is 0.407 e. The second-order valence-electron chi connectivity index (χ2n) is 9.34. The van der Waals surface area contributed by atoms with E-state index in [2.05, 4.69) is 47.9 Å². The van der Waals surface area contributed by atoms with E-state index in [1.165, 1.54) is 0 Å². The number of hydrogen-bond donors (Lipinski definition) is 2. The van der Waals surface area contributed by atoms with E-state index in [0.29, 0.717) is 34.6 Å². The molecular weight excluding hydrogens is 652 g/mol. The van der Waals surface area contributed by atoms with E-state index in [0.717, 1.165) is 38.6 Å². The molecule has 10 heteroatoms. The van der Waals surface area contributed by atoms with Crippen LogP contribution >= 0.6 is 65.1 Å². The molecule has 0 saturated heterocycles. The maximum absolute atomic E-state index is 12.2. The molecule has 0 bridgehead atoms. The summed E-state index contributed by atoms with van der Waals surface area (Å²) in [7, 11) is 1.61. The number of benzene rings is 3. The number of carbonyl (C=O) groups excluding carboxylic acids is 1. The highest BCUT2D eigenvalue weighted by molar-refractivity contribution is 14.2. The van der Waals surface area contributed by atoms with Crippen molar-refractivity contribution >= 4 is 98.7 Å². The zero-order valence-electron chi connectivity index (χ0n) is 19.9. The minimum absolute atomic E-state index is 0.428. The summed E-state index contributed by atoms with van der Waals surface area (Å²) in [6.45, 7) is 6.56. The molecule has 190 valence electrons. The lowest BCUT2D eigenvalue weighted by atomic mass is 10.0. The maximum atomic E-state index is 12.2. The fourth-order valence-electron chi connectivity index (χ4n) is 3.99. The number of ether oxygens (including phenoxy) is 1. The van der Waals surface area contributed by atoms with Gasteiger partial charge in [0.25, 0.3) is 0 Å². The zero-order chi connectivity index (χ0) is 26.0. The first-order chi connectivity index (χ1) is 17.1. The van der Waals surface area contributed by atoms with Gasteiger partial charge in [0.05, 0.1) is 21.1 Å². The summed E-state index contributed by atoms with van der Waals surface area (Å²) < 4.78 is 7.59. The molecule has 4 aromatic rings.